The van der Waals surface area contributed by atoms with Crippen molar-refractivity contribution in [1.82, 2.24) is 0 Å². The van der Waals surface area contributed by atoms with Crippen LogP contribution in [0, 0.1) is 28.1 Å². The first kappa shape index (κ1) is 14.6. The van der Waals surface area contributed by atoms with Gasteiger partial charge in [-0.3, -0.25) is 9.59 Å². The fourth-order valence-electron chi connectivity index (χ4n) is 1.45. The van der Waals surface area contributed by atoms with Crippen LogP contribution in [-0.4, -0.2) is 11.6 Å². The summed E-state index contributed by atoms with van der Waals surface area (Å²) < 4.78 is 0. The number of rotatable bonds is 3. The predicted molar refractivity (Wildman–Crippen MR) is 69.3 cm³/mol. The number of hydrogen-bond donors (Lipinski definition) is 0. The van der Waals surface area contributed by atoms with Gasteiger partial charge in [-0.1, -0.05) is 20.8 Å². The van der Waals surface area contributed by atoms with Gasteiger partial charge in [0.05, 0.1) is 29.7 Å². The lowest BCUT2D eigenvalue weighted by Gasteiger charge is -2.15. The van der Waals surface area contributed by atoms with Crippen LogP contribution in [0.15, 0.2) is 18.2 Å². The van der Waals surface area contributed by atoms with Gasteiger partial charge in [-0.2, -0.15) is 10.5 Å². The molecule has 0 atom stereocenters. The molecule has 4 heteroatoms. The zero-order valence-electron chi connectivity index (χ0n) is 11.2. The van der Waals surface area contributed by atoms with E-state index in [0.29, 0.717) is 5.56 Å². The summed E-state index contributed by atoms with van der Waals surface area (Å²) in [5, 5.41) is 17.8. The summed E-state index contributed by atoms with van der Waals surface area (Å²) in [6.07, 6.45) is -0.257. The fourth-order valence-corrected chi connectivity index (χ4v) is 1.45. The zero-order valence-corrected chi connectivity index (χ0v) is 11.2. The third kappa shape index (κ3) is 3.50. The highest BCUT2D eigenvalue weighted by atomic mass is 16.1. The molecule has 0 amide bonds. The number of Topliss-reactive ketones (excluding diaryl/α,β-unsaturated/α-hetero) is 2. The van der Waals surface area contributed by atoms with Crippen molar-refractivity contribution in [2.24, 2.45) is 5.41 Å². The Labute approximate surface area is 112 Å². The van der Waals surface area contributed by atoms with Crippen molar-refractivity contribution in [1.29, 1.82) is 10.5 Å². The second-order valence-corrected chi connectivity index (χ2v) is 5.26. The Morgan fingerprint density at radius 1 is 1.16 bits per heavy atom. The Bertz CT molecular complexity index is 611. The van der Waals surface area contributed by atoms with Gasteiger partial charge in [0.2, 0.25) is 0 Å². The van der Waals surface area contributed by atoms with Gasteiger partial charge >= 0.3 is 0 Å². The number of benzene rings is 1. The lowest BCUT2D eigenvalue weighted by atomic mass is 9.86. The topological polar surface area (TPSA) is 81.7 Å². The molecular weight excluding hydrogens is 240 g/mol. The maximum atomic E-state index is 12.1. The molecule has 0 aromatic heterocycles. The molecule has 0 unspecified atom stereocenters. The molecule has 0 aliphatic rings. The van der Waals surface area contributed by atoms with Crippen LogP contribution < -0.4 is 0 Å². The van der Waals surface area contributed by atoms with E-state index in [4.69, 9.17) is 10.5 Å². The van der Waals surface area contributed by atoms with E-state index in [1.165, 1.54) is 18.2 Å². The molecule has 19 heavy (non-hydrogen) atoms. The minimum Gasteiger partial charge on any atom is -0.299 e. The number of nitrogens with zero attached hydrogens (tertiary/aromatic N) is 2. The van der Waals surface area contributed by atoms with E-state index in [1.807, 2.05) is 12.1 Å². The number of nitriles is 2. The van der Waals surface area contributed by atoms with Crippen molar-refractivity contribution in [2.45, 2.75) is 27.2 Å². The van der Waals surface area contributed by atoms with Crippen LogP contribution in [0.2, 0.25) is 0 Å². The van der Waals surface area contributed by atoms with Gasteiger partial charge in [0, 0.05) is 11.0 Å². The summed E-state index contributed by atoms with van der Waals surface area (Å²) >= 11 is 0. The van der Waals surface area contributed by atoms with Crippen molar-refractivity contribution in [3.05, 3.63) is 34.9 Å². The molecule has 0 saturated carbocycles. The van der Waals surface area contributed by atoms with Crippen LogP contribution in [0.4, 0.5) is 0 Å². The normalized spacial score (nSPS) is 10.4. The van der Waals surface area contributed by atoms with E-state index >= 15 is 0 Å². The highest BCUT2D eigenvalue weighted by Gasteiger charge is 2.25. The number of carbonyl (C=O) groups excluding carboxylic acids is 2. The van der Waals surface area contributed by atoms with E-state index in [2.05, 4.69) is 0 Å². The lowest BCUT2D eigenvalue weighted by molar-refractivity contribution is -0.125. The van der Waals surface area contributed by atoms with Crippen LogP contribution >= 0.6 is 0 Å². The molecule has 1 aromatic rings. The molecule has 1 aromatic carbocycles. The van der Waals surface area contributed by atoms with Gasteiger partial charge in [-0.05, 0) is 18.2 Å². The Morgan fingerprint density at radius 3 is 2.26 bits per heavy atom. The number of hydrogen-bond acceptors (Lipinski definition) is 4. The number of ketones is 2. The largest absolute Gasteiger partial charge is 0.299 e. The average Bonchev–Trinajstić information content (AvgIpc) is 2.36. The second kappa shape index (κ2) is 5.46. The summed E-state index contributed by atoms with van der Waals surface area (Å²) in [6.45, 7) is 5.21. The molecule has 0 bridgehead atoms. The molecule has 0 spiro atoms. The van der Waals surface area contributed by atoms with Gasteiger partial charge in [0.25, 0.3) is 0 Å². The van der Waals surface area contributed by atoms with E-state index < -0.39 is 11.2 Å². The van der Waals surface area contributed by atoms with E-state index in [1.54, 1.807) is 20.8 Å². The fraction of sp³-hybridized carbons (Fsp3) is 0.333. The second-order valence-electron chi connectivity index (χ2n) is 5.26. The predicted octanol–water partition coefficient (Wildman–Crippen LogP) is 2.62. The summed E-state index contributed by atoms with van der Waals surface area (Å²) in [4.78, 5) is 23.9. The molecule has 0 N–H and O–H groups in total. The van der Waals surface area contributed by atoms with Gasteiger partial charge in [-0.25, -0.2) is 0 Å². The van der Waals surface area contributed by atoms with Crippen molar-refractivity contribution in [2.75, 3.05) is 0 Å². The first-order valence-electron chi connectivity index (χ1n) is 5.80. The minimum atomic E-state index is -0.602. The van der Waals surface area contributed by atoms with Gasteiger partial charge < -0.3 is 0 Å². The summed E-state index contributed by atoms with van der Waals surface area (Å²) in [6, 6.07) is 8.06. The molecule has 0 saturated heterocycles. The summed E-state index contributed by atoms with van der Waals surface area (Å²) in [5.41, 5.74) is 0.0189. The molecule has 0 fully saturated rings. The van der Waals surface area contributed by atoms with Crippen LogP contribution in [0.25, 0.3) is 0 Å². The molecule has 1 rings (SSSR count). The molecule has 0 heterocycles. The third-order valence-electron chi connectivity index (χ3n) is 2.73. The van der Waals surface area contributed by atoms with Crippen LogP contribution in [0.3, 0.4) is 0 Å². The average molecular weight is 254 g/mol. The Kier molecular flexibility index (Phi) is 4.19. The third-order valence-corrected chi connectivity index (χ3v) is 2.73. The summed E-state index contributed by atoms with van der Waals surface area (Å²) in [5.74, 6) is -0.614. The van der Waals surface area contributed by atoms with Crippen LogP contribution in [0.1, 0.15) is 48.7 Å². The monoisotopic (exact) mass is 254 g/mol. The van der Waals surface area contributed by atoms with Gasteiger partial charge in [0.15, 0.2) is 5.78 Å². The molecule has 0 aliphatic heterocycles. The van der Waals surface area contributed by atoms with Crippen LogP contribution in [0.5, 0.6) is 0 Å². The maximum Gasteiger partial charge on any atom is 0.171 e. The van der Waals surface area contributed by atoms with E-state index in [0.717, 1.165) is 0 Å². The van der Waals surface area contributed by atoms with Crippen molar-refractivity contribution in [3.63, 3.8) is 0 Å². The van der Waals surface area contributed by atoms with Gasteiger partial charge in [0.1, 0.15) is 5.78 Å². The van der Waals surface area contributed by atoms with Crippen molar-refractivity contribution in [3.8, 4) is 12.1 Å². The molecule has 96 valence electrons. The molecule has 4 nitrogen and oxygen atoms in total. The van der Waals surface area contributed by atoms with Gasteiger partial charge in [-0.15, -0.1) is 0 Å². The molecule has 0 radical (unpaired) electrons. The first-order valence-corrected chi connectivity index (χ1v) is 5.80. The quantitative estimate of drug-likeness (QED) is 0.613. The first-order chi connectivity index (χ1) is 8.79. The Balaban J connectivity index is 3.10. The van der Waals surface area contributed by atoms with E-state index in [9.17, 15) is 9.59 Å². The maximum absolute atomic E-state index is 12.1. The van der Waals surface area contributed by atoms with Crippen molar-refractivity contribution >= 4 is 11.6 Å². The standard InChI is InChI=1S/C15H14N2O2/c1-15(2,3)14(19)7-13(18)12-6-10(8-16)4-5-11(12)9-17/h4-6H,7H2,1-3H3. The molecule has 0 aliphatic carbocycles. The summed E-state index contributed by atoms with van der Waals surface area (Å²) in [7, 11) is 0. The Hall–Kier alpha value is -2.46. The number of carbonyl (C=O) groups is 2. The lowest BCUT2D eigenvalue weighted by Crippen LogP contribution is -2.23. The molecular formula is C15H14N2O2. The van der Waals surface area contributed by atoms with E-state index in [-0.39, 0.29) is 23.3 Å². The minimum absolute atomic E-state index is 0.138. The SMILES string of the molecule is CC(C)(C)C(=O)CC(=O)c1cc(C#N)ccc1C#N. The highest BCUT2D eigenvalue weighted by Crippen LogP contribution is 2.20. The van der Waals surface area contributed by atoms with Crippen LogP contribution in [-0.2, 0) is 4.79 Å². The smallest absolute Gasteiger partial charge is 0.171 e. The highest BCUT2D eigenvalue weighted by molar-refractivity contribution is 6.10. The Morgan fingerprint density at radius 2 is 1.79 bits per heavy atom. The van der Waals surface area contributed by atoms with Crippen molar-refractivity contribution < 1.29 is 9.59 Å². The zero-order chi connectivity index (χ0) is 14.6.